The predicted molar refractivity (Wildman–Crippen MR) is 80.5 cm³/mol. The van der Waals surface area contributed by atoms with Crippen LogP contribution in [0.1, 0.15) is 43.6 Å². The fourth-order valence-corrected chi connectivity index (χ4v) is 3.15. The molecule has 4 heteroatoms. The minimum absolute atomic E-state index is 0.0225. The summed E-state index contributed by atoms with van der Waals surface area (Å²) < 4.78 is 18.3. The van der Waals surface area contributed by atoms with E-state index < -0.39 is 11.8 Å². The predicted octanol–water partition coefficient (Wildman–Crippen LogP) is 3.38. The number of hydrogen-bond donors (Lipinski definition) is 1. The number of ether oxygens (including phenoxy) is 1. The lowest BCUT2D eigenvalue weighted by atomic mass is 10.0. The highest BCUT2D eigenvalue weighted by Gasteiger charge is 2.63. The molecule has 1 fully saturated rings. The van der Waals surface area contributed by atoms with Crippen molar-refractivity contribution >= 4 is 5.97 Å². The van der Waals surface area contributed by atoms with Gasteiger partial charge in [0.25, 0.3) is 0 Å². The van der Waals surface area contributed by atoms with E-state index in [4.69, 9.17) is 0 Å². The van der Waals surface area contributed by atoms with E-state index in [9.17, 15) is 9.18 Å². The van der Waals surface area contributed by atoms with Crippen LogP contribution in [0.25, 0.3) is 0 Å². The Labute approximate surface area is 125 Å². The molecule has 1 aromatic carbocycles. The average Bonchev–Trinajstić information content (AvgIpc) is 2.80. The first-order valence-electron chi connectivity index (χ1n) is 7.29. The van der Waals surface area contributed by atoms with E-state index in [2.05, 4.69) is 37.7 Å². The minimum atomic E-state index is -0.645. The summed E-state index contributed by atoms with van der Waals surface area (Å²) in [5.41, 5.74) is 1.50. The summed E-state index contributed by atoms with van der Waals surface area (Å²) in [4.78, 5) is 11.3. The van der Waals surface area contributed by atoms with Crippen molar-refractivity contribution in [1.29, 1.82) is 0 Å². The summed E-state index contributed by atoms with van der Waals surface area (Å²) in [7, 11) is 1.25. The maximum atomic E-state index is 13.8. The molecule has 0 saturated heterocycles. The van der Waals surface area contributed by atoms with Gasteiger partial charge in [0.05, 0.1) is 12.7 Å². The van der Waals surface area contributed by atoms with Crippen LogP contribution in [0, 0.1) is 22.6 Å². The van der Waals surface area contributed by atoms with Crippen molar-refractivity contribution in [2.24, 2.45) is 16.7 Å². The molecule has 1 saturated carbocycles. The maximum absolute atomic E-state index is 13.8. The van der Waals surface area contributed by atoms with Crippen molar-refractivity contribution in [3.05, 3.63) is 35.1 Å². The summed E-state index contributed by atoms with van der Waals surface area (Å²) in [5.74, 6) is -0.550. The third-order valence-corrected chi connectivity index (χ3v) is 5.44. The van der Waals surface area contributed by atoms with E-state index in [1.54, 1.807) is 6.07 Å². The van der Waals surface area contributed by atoms with Gasteiger partial charge in [-0.2, -0.15) is 0 Å². The Kier molecular flexibility index (Phi) is 4.11. The number of nitrogens with one attached hydrogen (secondary N) is 1. The van der Waals surface area contributed by atoms with Gasteiger partial charge >= 0.3 is 5.97 Å². The van der Waals surface area contributed by atoms with Gasteiger partial charge in [-0.05, 0) is 41.0 Å². The lowest BCUT2D eigenvalue weighted by Crippen LogP contribution is -2.19. The second-order valence-electron chi connectivity index (χ2n) is 6.93. The Morgan fingerprint density at radius 2 is 1.90 bits per heavy atom. The summed E-state index contributed by atoms with van der Waals surface area (Å²) >= 11 is 0. The number of esters is 1. The lowest BCUT2D eigenvalue weighted by Gasteiger charge is -2.08. The number of benzene rings is 1. The SMILES string of the molecule is COC(=O)c1ccc(CNCC2C(C)(C)C2(C)C)cc1F. The van der Waals surface area contributed by atoms with Gasteiger partial charge in [0, 0.05) is 6.54 Å². The van der Waals surface area contributed by atoms with Gasteiger partial charge in [-0.1, -0.05) is 33.8 Å². The molecule has 1 aliphatic rings. The van der Waals surface area contributed by atoms with Crippen LogP contribution in [-0.2, 0) is 11.3 Å². The Morgan fingerprint density at radius 1 is 1.29 bits per heavy atom. The number of methoxy groups -OCH3 is 1. The highest BCUT2D eigenvalue weighted by Crippen LogP contribution is 2.67. The maximum Gasteiger partial charge on any atom is 0.340 e. The average molecular weight is 293 g/mol. The topological polar surface area (TPSA) is 38.3 Å². The molecule has 0 heterocycles. The van der Waals surface area contributed by atoms with Gasteiger partial charge in [0.1, 0.15) is 5.82 Å². The molecule has 0 amide bonds. The number of carbonyl (C=O) groups is 1. The molecule has 0 atom stereocenters. The summed E-state index contributed by atoms with van der Waals surface area (Å²) in [5, 5.41) is 3.38. The third-order valence-electron chi connectivity index (χ3n) is 5.44. The molecule has 0 radical (unpaired) electrons. The Bertz CT molecular complexity index is 538. The standard InChI is InChI=1S/C17H24FNO2/c1-16(2)14(17(16,3)4)10-19-9-11-6-7-12(13(18)8-11)15(20)21-5/h6-8,14,19H,9-10H2,1-5H3. The number of rotatable bonds is 5. The van der Waals surface area contributed by atoms with Crippen LogP contribution in [0.5, 0.6) is 0 Å². The lowest BCUT2D eigenvalue weighted by molar-refractivity contribution is 0.0595. The second-order valence-corrected chi connectivity index (χ2v) is 6.93. The van der Waals surface area contributed by atoms with Gasteiger partial charge < -0.3 is 10.1 Å². The zero-order chi connectivity index (χ0) is 15.8. The fraction of sp³-hybridized carbons (Fsp3) is 0.588. The molecule has 0 bridgehead atoms. The molecule has 1 aliphatic carbocycles. The minimum Gasteiger partial charge on any atom is -0.465 e. The van der Waals surface area contributed by atoms with Crippen LogP contribution in [0.3, 0.4) is 0 Å². The van der Waals surface area contributed by atoms with Crippen molar-refractivity contribution < 1.29 is 13.9 Å². The molecule has 116 valence electrons. The summed E-state index contributed by atoms with van der Waals surface area (Å²) in [6.45, 7) is 10.6. The van der Waals surface area contributed by atoms with E-state index in [0.29, 0.717) is 23.3 Å². The monoisotopic (exact) mass is 293 g/mol. The second kappa shape index (κ2) is 5.41. The normalized spacial score (nSPS) is 19.3. The van der Waals surface area contributed by atoms with Crippen LogP contribution in [-0.4, -0.2) is 19.6 Å². The van der Waals surface area contributed by atoms with E-state index in [0.717, 1.165) is 12.1 Å². The highest BCUT2D eigenvalue weighted by molar-refractivity contribution is 5.89. The van der Waals surface area contributed by atoms with Crippen LogP contribution in [0.2, 0.25) is 0 Å². The number of halogens is 1. The van der Waals surface area contributed by atoms with Gasteiger partial charge in [-0.25, -0.2) is 9.18 Å². The molecule has 0 spiro atoms. The van der Waals surface area contributed by atoms with Crippen molar-refractivity contribution in [2.45, 2.75) is 34.2 Å². The molecule has 1 N–H and O–H groups in total. The summed E-state index contributed by atoms with van der Waals surface area (Å²) in [6, 6.07) is 4.62. The van der Waals surface area contributed by atoms with Crippen molar-refractivity contribution in [3.8, 4) is 0 Å². The van der Waals surface area contributed by atoms with Gasteiger partial charge in [-0.15, -0.1) is 0 Å². The largest absolute Gasteiger partial charge is 0.465 e. The van der Waals surface area contributed by atoms with Crippen LogP contribution in [0.4, 0.5) is 4.39 Å². The van der Waals surface area contributed by atoms with Crippen LogP contribution >= 0.6 is 0 Å². The molecule has 1 aromatic rings. The van der Waals surface area contributed by atoms with Crippen LogP contribution in [0.15, 0.2) is 18.2 Å². The van der Waals surface area contributed by atoms with E-state index in [-0.39, 0.29) is 5.56 Å². The van der Waals surface area contributed by atoms with Crippen molar-refractivity contribution in [3.63, 3.8) is 0 Å². The first-order chi connectivity index (χ1) is 9.71. The molecule has 2 rings (SSSR count). The molecular weight excluding hydrogens is 269 g/mol. The molecule has 0 aliphatic heterocycles. The zero-order valence-electron chi connectivity index (χ0n) is 13.4. The molecule has 0 aromatic heterocycles. The van der Waals surface area contributed by atoms with E-state index in [1.165, 1.54) is 19.2 Å². The first kappa shape index (κ1) is 16.0. The molecule has 3 nitrogen and oxygen atoms in total. The Morgan fingerprint density at radius 3 is 2.38 bits per heavy atom. The fourth-order valence-electron chi connectivity index (χ4n) is 3.15. The van der Waals surface area contributed by atoms with E-state index in [1.807, 2.05) is 0 Å². The number of hydrogen-bond acceptors (Lipinski definition) is 3. The van der Waals surface area contributed by atoms with Crippen molar-refractivity contribution in [1.82, 2.24) is 5.32 Å². The molecule has 21 heavy (non-hydrogen) atoms. The Hall–Kier alpha value is -1.42. The van der Waals surface area contributed by atoms with Crippen LogP contribution < -0.4 is 5.32 Å². The first-order valence-corrected chi connectivity index (χ1v) is 7.29. The number of carbonyl (C=O) groups excluding carboxylic acids is 1. The van der Waals surface area contributed by atoms with Gasteiger partial charge in [-0.3, -0.25) is 0 Å². The van der Waals surface area contributed by atoms with Gasteiger partial charge in [0.15, 0.2) is 0 Å². The molecule has 0 unspecified atom stereocenters. The third kappa shape index (κ3) is 2.82. The van der Waals surface area contributed by atoms with Crippen molar-refractivity contribution in [2.75, 3.05) is 13.7 Å². The smallest absolute Gasteiger partial charge is 0.340 e. The molecular formula is C17H24FNO2. The summed E-state index contributed by atoms with van der Waals surface area (Å²) in [6.07, 6.45) is 0. The Balaban J connectivity index is 1.91. The highest BCUT2D eigenvalue weighted by atomic mass is 19.1. The zero-order valence-corrected chi connectivity index (χ0v) is 13.4. The van der Waals surface area contributed by atoms with Gasteiger partial charge in [0.2, 0.25) is 0 Å². The quantitative estimate of drug-likeness (QED) is 0.846. The van der Waals surface area contributed by atoms with E-state index >= 15 is 0 Å².